The summed E-state index contributed by atoms with van der Waals surface area (Å²) in [6.07, 6.45) is 3.54. The third-order valence-electron chi connectivity index (χ3n) is 3.09. The number of carbonyl (C=O) groups excluding carboxylic acids is 1. The van der Waals surface area contributed by atoms with E-state index in [1.165, 1.54) is 0 Å². The molecule has 5 nitrogen and oxygen atoms in total. The summed E-state index contributed by atoms with van der Waals surface area (Å²) in [4.78, 5) is 18.1. The first-order chi connectivity index (χ1) is 9.44. The number of hydrogen-bond acceptors (Lipinski definition) is 4. The molecule has 2 heterocycles. The molecule has 1 aromatic heterocycles. The lowest BCUT2D eigenvalue weighted by Crippen LogP contribution is -2.47. The van der Waals surface area contributed by atoms with Gasteiger partial charge in [-0.2, -0.15) is 0 Å². The first-order valence-corrected chi connectivity index (χ1v) is 7.09. The van der Waals surface area contributed by atoms with Crippen molar-refractivity contribution >= 4 is 11.9 Å². The average molecular weight is 277 g/mol. The van der Waals surface area contributed by atoms with Crippen molar-refractivity contribution in [3.63, 3.8) is 0 Å². The van der Waals surface area contributed by atoms with Gasteiger partial charge in [0.2, 0.25) is 0 Å². The highest BCUT2D eigenvalue weighted by molar-refractivity contribution is 5.68. The summed E-state index contributed by atoms with van der Waals surface area (Å²) in [7, 11) is 0. The fourth-order valence-corrected chi connectivity index (χ4v) is 2.24. The van der Waals surface area contributed by atoms with Crippen LogP contribution in [0.15, 0.2) is 24.4 Å². The highest BCUT2D eigenvalue weighted by Crippen LogP contribution is 2.17. The van der Waals surface area contributed by atoms with Crippen LogP contribution in [0.5, 0.6) is 0 Å². The number of nitrogens with one attached hydrogen (secondary N) is 1. The number of likely N-dealkylation sites (tertiary alicyclic amines) is 1. The van der Waals surface area contributed by atoms with Crippen molar-refractivity contribution in [1.29, 1.82) is 0 Å². The predicted molar refractivity (Wildman–Crippen MR) is 78.7 cm³/mol. The van der Waals surface area contributed by atoms with Crippen molar-refractivity contribution in [1.82, 2.24) is 9.88 Å². The Balaban J connectivity index is 1.90. The van der Waals surface area contributed by atoms with E-state index in [-0.39, 0.29) is 12.1 Å². The van der Waals surface area contributed by atoms with Crippen molar-refractivity contribution in [2.24, 2.45) is 0 Å². The number of piperidine rings is 1. The van der Waals surface area contributed by atoms with Crippen LogP contribution in [-0.2, 0) is 4.74 Å². The topological polar surface area (TPSA) is 54.5 Å². The minimum absolute atomic E-state index is 0.228. The van der Waals surface area contributed by atoms with Gasteiger partial charge in [0, 0.05) is 25.3 Å². The maximum absolute atomic E-state index is 12.1. The van der Waals surface area contributed by atoms with Crippen LogP contribution in [0.4, 0.5) is 10.6 Å². The van der Waals surface area contributed by atoms with E-state index in [9.17, 15) is 4.79 Å². The molecule has 0 aromatic carbocycles. The van der Waals surface area contributed by atoms with Gasteiger partial charge in [-0.1, -0.05) is 6.07 Å². The van der Waals surface area contributed by atoms with Gasteiger partial charge in [-0.25, -0.2) is 9.78 Å². The lowest BCUT2D eigenvalue weighted by atomic mass is 10.1. The third-order valence-corrected chi connectivity index (χ3v) is 3.09. The Morgan fingerprint density at radius 1 is 1.45 bits per heavy atom. The number of amides is 1. The molecule has 5 heteroatoms. The highest BCUT2D eigenvalue weighted by atomic mass is 16.6. The molecule has 0 aliphatic carbocycles. The SMILES string of the molecule is CC(C)(C)OC(=O)N1CCC[C@H](Nc2ccccn2)C1. The molecular weight excluding hydrogens is 254 g/mol. The second kappa shape index (κ2) is 6.11. The Morgan fingerprint density at radius 2 is 2.25 bits per heavy atom. The van der Waals surface area contributed by atoms with Gasteiger partial charge in [0.1, 0.15) is 11.4 Å². The number of rotatable bonds is 2. The van der Waals surface area contributed by atoms with Gasteiger partial charge in [0.25, 0.3) is 0 Å². The van der Waals surface area contributed by atoms with E-state index in [0.717, 1.165) is 25.2 Å². The van der Waals surface area contributed by atoms with E-state index in [1.54, 1.807) is 11.1 Å². The van der Waals surface area contributed by atoms with Crippen LogP contribution in [0.1, 0.15) is 33.6 Å². The van der Waals surface area contributed by atoms with E-state index in [2.05, 4.69) is 10.3 Å². The number of anilines is 1. The Labute approximate surface area is 120 Å². The number of hydrogen-bond donors (Lipinski definition) is 1. The summed E-state index contributed by atoms with van der Waals surface area (Å²) in [5.74, 6) is 0.850. The minimum atomic E-state index is -0.446. The minimum Gasteiger partial charge on any atom is -0.444 e. The molecular formula is C15H23N3O2. The molecule has 1 aliphatic rings. The average Bonchev–Trinajstić information content (AvgIpc) is 2.38. The van der Waals surface area contributed by atoms with Crippen LogP contribution in [0.3, 0.4) is 0 Å². The van der Waals surface area contributed by atoms with Crippen molar-refractivity contribution < 1.29 is 9.53 Å². The molecule has 1 amide bonds. The maximum atomic E-state index is 12.1. The highest BCUT2D eigenvalue weighted by Gasteiger charge is 2.27. The molecule has 1 saturated heterocycles. The van der Waals surface area contributed by atoms with Crippen molar-refractivity contribution in [2.75, 3.05) is 18.4 Å². The van der Waals surface area contributed by atoms with Crippen LogP contribution in [0, 0.1) is 0 Å². The van der Waals surface area contributed by atoms with Crippen molar-refractivity contribution in [3.05, 3.63) is 24.4 Å². The largest absolute Gasteiger partial charge is 0.444 e. The zero-order valence-corrected chi connectivity index (χ0v) is 12.4. The van der Waals surface area contributed by atoms with Gasteiger partial charge in [0.15, 0.2) is 0 Å². The van der Waals surface area contributed by atoms with Crippen LogP contribution in [0.2, 0.25) is 0 Å². The second-order valence-electron chi connectivity index (χ2n) is 6.12. The van der Waals surface area contributed by atoms with Gasteiger partial charge in [0.05, 0.1) is 0 Å². The lowest BCUT2D eigenvalue weighted by Gasteiger charge is -2.34. The number of carbonyl (C=O) groups is 1. The molecule has 0 spiro atoms. The zero-order valence-electron chi connectivity index (χ0n) is 12.4. The second-order valence-corrected chi connectivity index (χ2v) is 6.12. The molecule has 0 saturated carbocycles. The predicted octanol–water partition coefficient (Wildman–Crippen LogP) is 2.89. The molecule has 2 rings (SSSR count). The first-order valence-electron chi connectivity index (χ1n) is 7.09. The molecule has 0 bridgehead atoms. The van der Waals surface area contributed by atoms with Gasteiger partial charge in [-0.05, 0) is 45.7 Å². The third kappa shape index (κ3) is 4.40. The maximum Gasteiger partial charge on any atom is 0.410 e. The molecule has 1 fully saturated rings. The van der Waals surface area contributed by atoms with E-state index in [0.29, 0.717) is 6.54 Å². The molecule has 1 N–H and O–H groups in total. The fraction of sp³-hybridized carbons (Fsp3) is 0.600. The number of ether oxygens (including phenoxy) is 1. The monoisotopic (exact) mass is 277 g/mol. The first kappa shape index (κ1) is 14.6. The molecule has 0 unspecified atom stereocenters. The summed E-state index contributed by atoms with van der Waals surface area (Å²) >= 11 is 0. The Morgan fingerprint density at radius 3 is 2.90 bits per heavy atom. The van der Waals surface area contributed by atoms with E-state index >= 15 is 0 Å². The number of aromatic nitrogens is 1. The van der Waals surface area contributed by atoms with Crippen molar-refractivity contribution in [2.45, 2.75) is 45.3 Å². The van der Waals surface area contributed by atoms with Crippen LogP contribution >= 0.6 is 0 Å². The summed E-state index contributed by atoms with van der Waals surface area (Å²) in [5.41, 5.74) is -0.446. The quantitative estimate of drug-likeness (QED) is 0.903. The molecule has 1 aromatic rings. The molecule has 110 valence electrons. The Bertz CT molecular complexity index is 442. The van der Waals surface area contributed by atoms with E-state index in [4.69, 9.17) is 4.74 Å². The Kier molecular flexibility index (Phi) is 4.47. The summed E-state index contributed by atoms with van der Waals surface area (Å²) in [6.45, 7) is 7.08. The molecule has 1 aliphatic heterocycles. The van der Waals surface area contributed by atoms with E-state index < -0.39 is 5.60 Å². The van der Waals surface area contributed by atoms with E-state index in [1.807, 2.05) is 39.0 Å². The standard InChI is InChI=1S/C15H23N3O2/c1-15(2,3)20-14(19)18-10-6-7-12(11-18)17-13-8-4-5-9-16-13/h4-5,8-9,12H,6-7,10-11H2,1-3H3,(H,16,17)/t12-/m0/s1. The molecule has 20 heavy (non-hydrogen) atoms. The van der Waals surface area contributed by atoms with Crippen LogP contribution in [-0.4, -0.2) is 40.7 Å². The molecule has 1 atom stereocenters. The lowest BCUT2D eigenvalue weighted by molar-refractivity contribution is 0.0206. The number of nitrogens with zero attached hydrogens (tertiary/aromatic N) is 2. The summed E-state index contributed by atoms with van der Waals surface area (Å²) in [5, 5.41) is 3.37. The summed E-state index contributed by atoms with van der Waals surface area (Å²) < 4.78 is 5.42. The molecule has 0 radical (unpaired) electrons. The number of pyridine rings is 1. The van der Waals surface area contributed by atoms with Gasteiger partial charge < -0.3 is 15.0 Å². The van der Waals surface area contributed by atoms with Gasteiger partial charge in [-0.15, -0.1) is 0 Å². The van der Waals surface area contributed by atoms with Crippen molar-refractivity contribution in [3.8, 4) is 0 Å². The normalized spacial score (nSPS) is 19.6. The fourth-order valence-electron chi connectivity index (χ4n) is 2.24. The van der Waals surface area contributed by atoms with Crippen LogP contribution < -0.4 is 5.32 Å². The van der Waals surface area contributed by atoms with Crippen LogP contribution in [0.25, 0.3) is 0 Å². The van der Waals surface area contributed by atoms with Gasteiger partial charge in [-0.3, -0.25) is 0 Å². The Hall–Kier alpha value is -1.78. The van der Waals surface area contributed by atoms with Gasteiger partial charge >= 0.3 is 6.09 Å². The summed E-state index contributed by atoms with van der Waals surface area (Å²) in [6, 6.07) is 6.00. The smallest absolute Gasteiger partial charge is 0.410 e. The zero-order chi connectivity index (χ0) is 14.6.